The van der Waals surface area contributed by atoms with E-state index in [0.29, 0.717) is 0 Å². The van der Waals surface area contributed by atoms with Crippen LogP contribution in [0, 0.1) is 5.92 Å². The Kier molecular flexibility index (Phi) is 3.85. The Balaban J connectivity index is 2.67. The Labute approximate surface area is 93.8 Å². The molecule has 0 aliphatic heterocycles. The summed E-state index contributed by atoms with van der Waals surface area (Å²) in [4.78, 5) is 11.9. The molecule has 0 aliphatic carbocycles. The highest BCUT2D eigenvalue weighted by Crippen LogP contribution is 2.05. The molecule has 1 aromatic heterocycles. The van der Waals surface area contributed by atoms with E-state index in [2.05, 4.69) is 5.32 Å². The molecule has 4 nitrogen and oxygen atoms in total. The van der Waals surface area contributed by atoms with Crippen LogP contribution < -0.4 is 11.1 Å². The Morgan fingerprint density at radius 2 is 2.27 bits per heavy atom. The van der Waals surface area contributed by atoms with Crippen molar-refractivity contribution in [2.45, 2.75) is 19.9 Å². The summed E-state index contributed by atoms with van der Waals surface area (Å²) in [6, 6.07) is 2.93. The molecule has 82 valence electrons. The molecule has 1 heterocycles. The first-order chi connectivity index (χ1) is 7.02. The van der Waals surface area contributed by atoms with Crippen LogP contribution in [0.2, 0.25) is 0 Å². The van der Waals surface area contributed by atoms with Crippen molar-refractivity contribution in [1.82, 2.24) is 5.32 Å². The summed E-state index contributed by atoms with van der Waals surface area (Å²) in [5, 5.41) is 2.72. The van der Waals surface area contributed by atoms with Gasteiger partial charge >= 0.3 is 0 Å². The normalized spacial score (nSPS) is 12.5. The fraction of sp³-hybridized carbons (Fsp3) is 0.400. The zero-order valence-electron chi connectivity index (χ0n) is 8.69. The first-order valence-corrected chi connectivity index (χ1v) is 5.07. The molecule has 1 rings (SSSR count). The Morgan fingerprint density at radius 1 is 1.60 bits per heavy atom. The number of nitrogens with two attached hydrogens (primary N) is 1. The molecule has 0 saturated heterocycles. The summed E-state index contributed by atoms with van der Waals surface area (Å²) in [5.41, 5.74) is 5.53. The molecule has 0 fully saturated rings. The van der Waals surface area contributed by atoms with E-state index >= 15 is 0 Å². The van der Waals surface area contributed by atoms with Crippen LogP contribution >= 0.6 is 12.2 Å². The lowest BCUT2D eigenvalue weighted by Crippen LogP contribution is -2.46. The van der Waals surface area contributed by atoms with E-state index in [4.69, 9.17) is 22.4 Å². The third-order valence-corrected chi connectivity index (χ3v) is 2.26. The van der Waals surface area contributed by atoms with Gasteiger partial charge in [-0.15, -0.1) is 0 Å². The molecule has 0 spiro atoms. The van der Waals surface area contributed by atoms with Crippen LogP contribution in [0.15, 0.2) is 22.8 Å². The van der Waals surface area contributed by atoms with Crippen molar-refractivity contribution in [3.8, 4) is 0 Å². The lowest BCUT2D eigenvalue weighted by atomic mass is 10.0. The Morgan fingerprint density at radius 3 is 2.67 bits per heavy atom. The fourth-order valence-electron chi connectivity index (χ4n) is 1.19. The second-order valence-corrected chi connectivity index (χ2v) is 4.05. The van der Waals surface area contributed by atoms with Gasteiger partial charge in [0.15, 0.2) is 5.76 Å². The molecule has 1 atom stereocenters. The third kappa shape index (κ3) is 3.06. The lowest BCUT2D eigenvalue weighted by molar-refractivity contribution is 0.0912. The van der Waals surface area contributed by atoms with Crippen LogP contribution in [-0.4, -0.2) is 16.9 Å². The second kappa shape index (κ2) is 4.93. The van der Waals surface area contributed by atoms with Crippen molar-refractivity contribution >= 4 is 23.1 Å². The van der Waals surface area contributed by atoms with E-state index in [1.807, 2.05) is 13.8 Å². The van der Waals surface area contributed by atoms with Crippen LogP contribution in [-0.2, 0) is 0 Å². The average molecular weight is 226 g/mol. The van der Waals surface area contributed by atoms with Crippen molar-refractivity contribution < 1.29 is 9.21 Å². The highest BCUT2D eigenvalue weighted by Gasteiger charge is 2.20. The summed E-state index contributed by atoms with van der Waals surface area (Å²) >= 11 is 4.87. The summed E-state index contributed by atoms with van der Waals surface area (Å²) in [6.45, 7) is 3.87. The monoisotopic (exact) mass is 226 g/mol. The van der Waals surface area contributed by atoms with Gasteiger partial charge in [0.1, 0.15) is 0 Å². The minimum atomic E-state index is -0.308. The van der Waals surface area contributed by atoms with Crippen molar-refractivity contribution in [2.24, 2.45) is 11.7 Å². The van der Waals surface area contributed by atoms with E-state index in [0.717, 1.165) is 0 Å². The van der Waals surface area contributed by atoms with Crippen LogP contribution in [0.3, 0.4) is 0 Å². The molecule has 0 aliphatic rings. The molecule has 0 radical (unpaired) electrons. The number of amides is 1. The lowest BCUT2D eigenvalue weighted by Gasteiger charge is -2.20. The molecule has 3 N–H and O–H groups in total. The second-order valence-electron chi connectivity index (χ2n) is 3.57. The average Bonchev–Trinajstić information content (AvgIpc) is 2.65. The van der Waals surface area contributed by atoms with E-state index < -0.39 is 0 Å². The maximum atomic E-state index is 11.6. The van der Waals surface area contributed by atoms with Crippen LogP contribution in [0.4, 0.5) is 0 Å². The highest BCUT2D eigenvalue weighted by molar-refractivity contribution is 7.80. The maximum Gasteiger partial charge on any atom is 0.287 e. The van der Waals surface area contributed by atoms with Crippen molar-refractivity contribution in [1.29, 1.82) is 0 Å². The predicted octanol–water partition coefficient (Wildman–Crippen LogP) is 1.32. The molecule has 1 aromatic rings. The van der Waals surface area contributed by atoms with Gasteiger partial charge in [0.2, 0.25) is 0 Å². The van der Waals surface area contributed by atoms with Crippen LogP contribution in [0.5, 0.6) is 0 Å². The van der Waals surface area contributed by atoms with Crippen molar-refractivity contribution in [2.75, 3.05) is 0 Å². The number of rotatable bonds is 4. The molecule has 1 amide bonds. The molecular formula is C10H14N2O2S. The van der Waals surface area contributed by atoms with E-state index in [9.17, 15) is 4.79 Å². The Hall–Kier alpha value is -1.36. The van der Waals surface area contributed by atoms with Crippen molar-refractivity contribution in [3.05, 3.63) is 24.2 Å². The van der Waals surface area contributed by atoms with Crippen molar-refractivity contribution in [3.63, 3.8) is 0 Å². The fourth-order valence-corrected chi connectivity index (χ4v) is 1.52. The van der Waals surface area contributed by atoms with Gasteiger partial charge in [-0.3, -0.25) is 4.79 Å². The maximum absolute atomic E-state index is 11.6. The molecule has 0 bridgehead atoms. The molecule has 5 heteroatoms. The minimum absolute atomic E-state index is 0.154. The highest BCUT2D eigenvalue weighted by atomic mass is 32.1. The largest absolute Gasteiger partial charge is 0.459 e. The predicted molar refractivity (Wildman–Crippen MR) is 61.6 cm³/mol. The first-order valence-electron chi connectivity index (χ1n) is 4.66. The van der Waals surface area contributed by atoms with E-state index in [-0.39, 0.29) is 28.6 Å². The molecule has 0 saturated carbocycles. The summed E-state index contributed by atoms with van der Waals surface area (Å²) in [5.74, 6) is 0.116. The van der Waals surface area contributed by atoms with Gasteiger partial charge in [0.05, 0.1) is 17.3 Å². The summed E-state index contributed by atoms with van der Waals surface area (Å²) in [7, 11) is 0. The summed E-state index contributed by atoms with van der Waals surface area (Å²) < 4.78 is 4.96. The molecule has 0 aromatic carbocycles. The number of hydrogen-bond donors (Lipinski definition) is 2. The van der Waals surface area contributed by atoms with Gasteiger partial charge in [-0.1, -0.05) is 26.1 Å². The number of carbonyl (C=O) groups is 1. The zero-order chi connectivity index (χ0) is 11.4. The third-order valence-electron chi connectivity index (χ3n) is 2.00. The standard InChI is InChI=1S/C10H14N2O2S/c1-6(2)8(9(11)15)12-10(13)7-4-3-5-14-7/h3-6,8H,1-2H3,(H2,11,15)(H,12,13). The number of thiocarbonyl (C=S) groups is 1. The number of carbonyl (C=O) groups excluding carboxylic acids is 1. The topological polar surface area (TPSA) is 68.3 Å². The SMILES string of the molecule is CC(C)C(NC(=O)c1ccco1)C(N)=S. The van der Waals surface area contributed by atoms with Crippen LogP contribution in [0.1, 0.15) is 24.4 Å². The quantitative estimate of drug-likeness (QED) is 0.760. The van der Waals surface area contributed by atoms with Crippen LogP contribution in [0.25, 0.3) is 0 Å². The summed E-state index contributed by atoms with van der Waals surface area (Å²) in [6.07, 6.45) is 1.44. The molecule has 1 unspecified atom stereocenters. The zero-order valence-corrected chi connectivity index (χ0v) is 9.51. The van der Waals surface area contributed by atoms with Gasteiger partial charge in [0, 0.05) is 0 Å². The van der Waals surface area contributed by atoms with Gasteiger partial charge in [-0.2, -0.15) is 0 Å². The molecular weight excluding hydrogens is 212 g/mol. The van der Waals surface area contributed by atoms with Gasteiger partial charge in [-0.05, 0) is 18.1 Å². The number of furan rings is 1. The number of nitrogens with one attached hydrogen (secondary N) is 1. The minimum Gasteiger partial charge on any atom is -0.459 e. The van der Waals surface area contributed by atoms with Gasteiger partial charge in [0.25, 0.3) is 5.91 Å². The van der Waals surface area contributed by atoms with Gasteiger partial charge in [-0.25, -0.2) is 0 Å². The van der Waals surface area contributed by atoms with E-state index in [1.165, 1.54) is 6.26 Å². The Bertz CT molecular complexity index is 346. The van der Waals surface area contributed by atoms with Gasteiger partial charge < -0.3 is 15.5 Å². The number of hydrogen-bond acceptors (Lipinski definition) is 3. The molecule has 15 heavy (non-hydrogen) atoms. The smallest absolute Gasteiger partial charge is 0.287 e. The first kappa shape index (κ1) is 11.7. The van der Waals surface area contributed by atoms with E-state index in [1.54, 1.807) is 12.1 Å².